The molecule has 19 nitrogen and oxygen atoms in total. The Balaban J connectivity index is 0.00000310. The number of carbonyl (C=O) groups excluding carboxylic acids is 5. The number of fused-ring (bicyclic) bond motifs is 2. The van der Waals surface area contributed by atoms with Crippen LogP contribution < -0.4 is 150 Å². The summed E-state index contributed by atoms with van der Waals surface area (Å²) in [5.74, 6) is -4.81. The number of hydrogen-bond donors (Lipinski definition) is 4. The molecule has 0 unspecified atom stereocenters. The molecule has 284 valence electrons. The molecule has 0 fully saturated rings. The second-order valence-electron chi connectivity index (χ2n) is 11.6. The molecule has 0 aliphatic heterocycles. The van der Waals surface area contributed by atoms with Crippen molar-refractivity contribution >= 4 is 96.1 Å². The molecule has 0 bridgehead atoms. The maximum Gasteiger partial charge on any atom is 1.00 e. The Bertz CT molecular complexity index is 2570. The third-order valence-corrected chi connectivity index (χ3v) is 9.65. The van der Waals surface area contributed by atoms with Crippen LogP contribution in [0.25, 0.3) is 12.2 Å². The van der Waals surface area contributed by atoms with Crippen molar-refractivity contribution in [3.63, 3.8) is 0 Å². The number of hydrogen-bond acceptors (Lipinski definition) is 17. The summed E-state index contributed by atoms with van der Waals surface area (Å²) in [5.41, 5.74) is 3.05. The van der Waals surface area contributed by atoms with Crippen LogP contribution in [0, 0.1) is 0 Å². The molecule has 0 spiro atoms. The molecule has 2 amide bonds. The van der Waals surface area contributed by atoms with Gasteiger partial charge in [-0.1, -0.05) is 24.3 Å². The van der Waals surface area contributed by atoms with E-state index < -0.39 is 71.0 Å². The SMILES string of the molecule is O=C(Nc1ccc2c(c1)C=C(S(=O)(=O)[O-])/C(=N\Nc1ccc(C(=O)[O-])cc1)C2=O)Nc1ccc2c(c1)C=C(S(=O)(=O)[O-])/C(=N/Nc1ccc(C(=O)[O-])cc1)C2=O.[Na+].[Na+].[Na+].[Na+]. The molecule has 0 radical (unpaired) electrons. The number of aromatic carboxylic acids is 2. The third-order valence-electron chi connectivity index (χ3n) is 7.95. The van der Waals surface area contributed by atoms with E-state index in [0.29, 0.717) is 0 Å². The maximum absolute atomic E-state index is 13.3. The summed E-state index contributed by atoms with van der Waals surface area (Å²) in [5, 5.41) is 34.4. The van der Waals surface area contributed by atoms with Crippen LogP contribution in [0.1, 0.15) is 52.6 Å². The van der Waals surface area contributed by atoms with Crippen LogP contribution in [0.15, 0.2) is 105 Å². The molecule has 0 atom stereocenters. The zero-order valence-corrected chi connectivity index (χ0v) is 41.4. The molecule has 0 aromatic heterocycles. The summed E-state index contributed by atoms with van der Waals surface area (Å²) in [4.78, 5) is 59.5. The number of nitrogens with one attached hydrogen (secondary N) is 4. The van der Waals surface area contributed by atoms with Gasteiger partial charge in [-0.25, -0.2) is 21.6 Å². The van der Waals surface area contributed by atoms with Gasteiger partial charge in [0.15, 0.2) is 0 Å². The molecule has 4 aromatic carbocycles. The van der Waals surface area contributed by atoms with E-state index in [9.17, 15) is 60.1 Å². The molecule has 25 heteroatoms. The maximum atomic E-state index is 13.3. The Morgan fingerprint density at radius 3 is 1.12 bits per heavy atom. The Labute approximate surface area is 428 Å². The number of anilines is 4. The summed E-state index contributed by atoms with van der Waals surface area (Å²) in [7, 11) is -10.6. The Morgan fingerprint density at radius 2 is 0.817 bits per heavy atom. The number of benzene rings is 4. The number of allylic oxidation sites excluding steroid dienone is 2. The molecule has 0 saturated heterocycles. The number of hydrazone groups is 2. The quantitative estimate of drug-likeness (QED) is 0.0653. The molecule has 2 aliphatic rings. The number of ketones is 2. The fourth-order valence-electron chi connectivity index (χ4n) is 5.32. The van der Waals surface area contributed by atoms with Crippen LogP contribution in [0.2, 0.25) is 0 Å². The van der Waals surface area contributed by atoms with Gasteiger partial charge >= 0.3 is 124 Å². The number of carbonyl (C=O) groups is 5. The van der Waals surface area contributed by atoms with E-state index >= 15 is 0 Å². The van der Waals surface area contributed by atoms with Crippen molar-refractivity contribution in [2.75, 3.05) is 21.5 Å². The Kier molecular flexibility index (Phi) is 19.1. The minimum atomic E-state index is -5.28. The molecule has 60 heavy (non-hydrogen) atoms. The topological polar surface area (TPSA) is 319 Å². The first-order chi connectivity index (χ1) is 26.4. The second kappa shape index (κ2) is 21.6. The first kappa shape index (κ1) is 52.8. The van der Waals surface area contributed by atoms with E-state index in [0.717, 1.165) is 12.2 Å². The summed E-state index contributed by atoms with van der Waals surface area (Å²) >= 11 is 0. The van der Waals surface area contributed by atoms with Gasteiger partial charge in [0.1, 0.15) is 31.7 Å². The average molecular weight is 889 g/mol. The van der Waals surface area contributed by atoms with E-state index in [1.54, 1.807) is 0 Å². The van der Waals surface area contributed by atoms with Gasteiger partial charge in [-0.2, -0.15) is 10.2 Å². The normalized spacial score (nSPS) is 14.2. The predicted octanol–water partition coefficient (Wildman–Crippen LogP) is -10.8. The largest absolute Gasteiger partial charge is 1.00 e. The van der Waals surface area contributed by atoms with Crippen LogP contribution in [0.3, 0.4) is 0 Å². The van der Waals surface area contributed by atoms with Crippen LogP contribution in [-0.2, 0) is 20.2 Å². The molecular weight excluding hydrogens is 869 g/mol. The summed E-state index contributed by atoms with van der Waals surface area (Å²) in [6.07, 6.45) is 1.77. The van der Waals surface area contributed by atoms with Crippen molar-refractivity contribution in [3.05, 3.63) is 128 Å². The van der Waals surface area contributed by atoms with Crippen LogP contribution in [0.4, 0.5) is 27.5 Å². The van der Waals surface area contributed by atoms with Gasteiger partial charge in [0.25, 0.3) is 0 Å². The van der Waals surface area contributed by atoms with Crippen molar-refractivity contribution in [3.8, 4) is 0 Å². The van der Waals surface area contributed by atoms with Crippen LogP contribution in [-0.4, -0.2) is 66.9 Å². The minimum Gasteiger partial charge on any atom is -0.744 e. The zero-order chi connectivity index (χ0) is 40.5. The number of carboxylic acids is 2. The van der Waals surface area contributed by atoms with Crippen molar-refractivity contribution in [2.24, 2.45) is 10.2 Å². The second-order valence-corrected chi connectivity index (χ2v) is 14.3. The van der Waals surface area contributed by atoms with Crippen molar-refractivity contribution in [1.82, 2.24) is 0 Å². The average Bonchev–Trinajstić information content (AvgIpc) is 3.13. The van der Waals surface area contributed by atoms with Gasteiger partial charge in [-0.15, -0.1) is 0 Å². The predicted molar refractivity (Wildman–Crippen MR) is 193 cm³/mol. The first-order valence-corrected chi connectivity index (χ1v) is 18.3. The van der Waals surface area contributed by atoms with Crippen LogP contribution >= 0.6 is 0 Å². The molecule has 4 aromatic rings. The zero-order valence-electron chi connectivity index (χ0n) is 31.8. The Hall–Kier alpha value is -3.33. The van der Waals surface area contributed by atoms with E-state index in [-0.39, 0.29) is 174 Å². The number of Topliss-reactive ketones (excluding diaryl/α,β-unsaturated/α-hetero) is 2. The third kappa shape index (κ3) is 12.4. The number of rotatable bonds is 10. The smallest absolute Gasteiger partial charge is 0.744 e. The van der Waals surface area contributed by atoms with Gasteiger partial charge in [-0.3, -0.25) is 20.4 Å². The molecule has 0 saturated carbocycles. The minimum absolute atomic E-state index is 0. The number of amides is 2. The fourth-order valence-corrected chi connectivity index (χ4v) is 6.61. The number of carboxylic acid groups (broad SMARTS) is 2. The van der Waals surface area contributed by atoms with E-state index in [2.05, 4.69) is 31.7 Å². The number of nitrogens with zero attached hydrogens (tertiary/aromatic N) is 2. The Morgan fingerprint density at radius 1 is 0.500 bits per heavy atom. The summed E-state index contributed by atoms with van der Waals surface area (Å²) in [6, 6.07) is 16.3. The van der Waals surface area contributed by atoms with Crippen molar-refractivity contribution in [2.45, 2.75) is 0 Å². The summed E-state index contributed by atoms with van der Waals surface area (Å²) in [6.45, 7) is 0. The fraction of sp³-hybridized carbons (Fsp3) is 0. The van der Waals surface area contributed by atoms with Gasteiger partial charge in [0.2, 0.25) is 11.6 Å². The van der Waals surface area contributed by atoms with Gasteiger partial charge in [-0.05, 0) is 95.1 Å². The first-order valence-electron chi connectivity index (χ1n) is 15.5. The van der Waals surface area contributed by atoms with Crippen LogP contribution in [0.5, 0.6) is 0 Å². The molecule has 4 N–H and O–H groups in total. The number of urea groups is 1. The molecule has 2 aliphatic carbocycles. The molecule has 6 rings (SSSR count). The molecular formula is C35H20N6Na4O13S2. The van der Waals surface area contributed by atoms with Crippen molar-refractivity contribution in [1.29, 1.82) is 0 Å². The van der Waals surface area contributed by atoms with E-state index in [4.69, 9.17) is 0 Å². The van der Waals surface area contributed by atoms with Crippen molar-refractivity contribution < 1.29 is 178 Å². The monoisotopic (exact) mass is 888 g/mol. The molecule has 0 heterocycles. The van der Waals surface area contributed by atoms with Gasteiger partial charge in [0, 0.05) is 22.5 Å². The van der Waals surface area contributed by atoms with E-state index in [1.807, 2.05) is 0 Å². The van der Waals surface area contributed by atoms with Gasteiger partial charge < -0.3 is 39.5 Å². The van der Waals surface area contributed by atoms with E-state index in [1.165, 1.54) is 84.9 Å². The summed E-state index contributed by atoms with van der Waals surface area (Å²) < 4.78 is 72.9. The van der Waals surface area contributed by atoms with Gasteiger partial charge in [0.05, 0.1) is 33.1 Å². The standard InChI is InChI=1S/C35H24N6O13S2.4Na/c42-31-25-11-9-23(13-19(25)15-27(55(49,50)51)29(31)40-38-21-5-1-17(2-6-21)33(44)45)36-35(48)37-24-10-12-26-20(14-24)16-28(56(52,53)54)30(32(26)43)41-39-22-7-3-18(4-8-22)34(46)47;;;;/h1-16,38-39H,(H,44,45)(H,46,47)(H2,36,37,48)(H,49,50,51)(H,52,53,54);;;;/q;4*+1/p-4/b40-29-,41-30+;;;;.